The number of rotatable bonds is 7. The molecule has 1 aromatic carbocycles. The van der Waals surface area contributed by atoms with Crippen LogP contribution in [0.25, 0.3) is 0 Å². The van der Waals surface area contributed by atoms with Gasteiger partial charge in [0.1, 0.15) is 5.75 Å². The molecule has 0 saturated heterocycles. The van der Waals surface area contributed by atoms with Crippen LogP contribution in [-0.4, -0.2) is 5.97 Å². The highest BCUT2D eigenvalue weighted by atomic mass is 16.5. The SMILES string of the molecule is CC(C)CCCCCC(=O)Oc1[c]cccc1. The lowest BCUT2D eigenvalue weighted by Gasteiger charge is -2.05. The summed E-state index contributed by atoms with van der Waals surface area (Å²) in [5, 5.41) is 0. The van der Waals surface area contributed by atoms with Crippen molar-refractivity contribution in [2.45, 2.75) is 46.0 Å². The molecule has 0 aliphatic rings. The van der Waals surface area contributed by atoms with Crippen molar-refractivity contribution in [1.82, 2.24) is 0 Å². The summed E-state index contributed by atoms with van der Waals surface area (Å²) in [5.41, 5.74) is 0. The monoisotopic (exact) mass is 233 g/mol. The molecule has 0 unspecified atom stereocenters. The quantitative estimate of drug-likeness (QED) is 0.404. The molecule has 1 aromatic rings. The van der Waals surface area contributed by atoms with Crippen LogP contribution in [0.2, 0.25) is 0 Å². The molecule has 1 radical (unpaired) electrons. The average Bonchev–Trinajstić information content (AvgIpc) is 2.29. The molecular formula is C15H21O2. The Bertz CT molecular complexity index is 317. The van der Waals surface area contributed by atoms with E-state index in [0.717, 1.165) is 18.8 Å². The molecule has 0 spiro atoms. The molecule has 0 saturated carbocycles. The molecule has 0 N–H and O–H groups in total. The van der Waals surface area contributed by atoms with Crippen molar-refractivity contribution in [3.63, 3.8) is 0 Å². The maximum absolute atomic E-state index is 11.5. The van der Waals surface area contributed by atoms with Crippen LogP contribution in [0.1, 0.15) is 46.0 Å². The van der Waals surface area contributed by atoms with Crippen LogP contribution < -0.4 is 4.74 Å². The van der Waals surface area contributed by atoms with E-state index in [9.17, 15) is 4.79 Å². The van der Waals surface area contributed by atoms with Crippen LogP contribution in [0.4, 0.5) is 0 Å². The van der Waals surface area contributed by atoms with Crippen molar-refractivity contribution >= 4 is 5.97 Å². The first-order chi connectivity index (χ1) is 8.18. The first-order valence-electron chi connectivity index (χ1n) is 6.36. The molecule has 93 valence electrons. The Morgan fingerprint density at radius 1 is 1.29 bits per heavy atom. The molecule has 17 heavy (non-hydrogen) atoms. The maximum atomic E-state index is 11.5. The minimum Gasteiger partial charge on any atom is -0.426 e. The highest BCUT2D eigenvalue weighted by Crippen LogP contribution is 2.12. The second kappa shape index (κ2) is 7.88. The van der Waals surface area contributed by atoms with Crippen molar-refractivity contribution in [1.29, 1.82) is 0 Å². The van der Waals surface area contributed by atoms with Crippen LogP contribution >= 0.6 is 0 Å². The first-order valence-corrected chi connectivity index (χ1v) is 6.36. The van der Waals surface area contributed by atoms with Crippen LogP contribution in [0, 0.1) is 12.0 Å². The lowest BCUT2D eigenvalue weighted by molar-refractivity contribution is -0.134. The Labute approximate surface area is 104 Å². The predicted octanol–water partition coefficient (Wildman–Crippen LogP) is 4.00. The number of hydrogen-bond donors (Lipinski definition) is 0. The second-order valence-corrected chi connectivity index (χ2v) is 4.69. The number of unbranched alkanes of at least 4 members (excludes halogenated alkanes) is 2. The normalized spacial score (nSPS) is 10.5. The lowest BCUT2D eigenvalue weighted by Crippen LogP contribution is -2.07. The number of para-hydroxylation sites is 1. The smallest absolute Gasteiger partial charge is 0.311 e. The Balaban J connectivity index is 2.10. The largest absolute Gasteiger partial charge is 0.426 e. The fourth-order valence-electron chi connectivity index (χ4n) is 1.61. The summed E-state index contributed by atoms with van der Waals surface area (Å²) in [6, 6.07) is 10.0. The van der Waals surface area contributed by atoms with E-state index in [1.54, 1.807) is 12.1 Å². The number of ether oxygens (including phenoxy) is 1. The summed E-state index contributed by atoms with van der Waals surface area (Å²) in [4.78, 5) is 11.5. The predicted molar refractivity (Wildman–Crippen MR) is 68.8 cm³/mol. The molecule has 2 heteroatoms. The zero-order valence-corrected chi connectivity index (χ0v) is 10.7. The summed E-state index contributed by atoms with van der Waals surface area (Å²) >= 11 is 0. The van der Waals surface area contributed by atoms with Crippen molar-refractivity contribution in [3.05, 3.63) is 30.3 Å². The highest BCUT2D eigenvalue weighted by molar-refractivity contribution is 5.72. The molecule has 0 bridgehead atoms. The zero-order valence-electron chi connectivity index (χ0n) is 10.7. The van der Waals surface area contributed by atoms with Gasteiger partial charge in [-0.3, -0.25) is 4.79 Å². The van der Waals surface area contributed by atoms with E-state index in [0.29, 0.717) is 12.2 Å². The maximum Gasteiger partial charge on any atom is 0.311 e. The summed E-state index contributed by atoms with van der Waals surface area (Å²) in [6.07, 6.45) is 4.95. The van der Waals surface area contributed by atoms with Gasteiger partial charge in [-0.1, -0.05) is 51.3 Å². The third kappa shape index (κ3) is 6.77. The van der Waals surface area contributed by atoms with Gasteiger partial charge < -0.3 is 4.74 Å². The van der Waals surface area contributed by atoms with Gasteiger partial charge in [-0.25, -0.2) is 0 Å². The fourth-order valence-corrected chi connectivity index (χ4v) is 1.61. The van der Waals surface area contributed by atoms with Crippen molar-refractivity contribution < 1.29 is 9.53 Å². The number of carbonyl (C=O) groups is 1. The van der Waals surface area contributed by atoms with Crippen LogP contribution in [0.3, 0.4) is 0 Å². The number of benzene rings is 1. The Morgan fingerprint density at radius 2 is 2.12 bits per heavy atom. The zero-order chi connectivity index (χ0) is 12.5. The standard InChI is InChI=1S/C15H21O2/c1-13(2)9-5-3-8-12-15(16)17-14-10-6-4-7-11-14/h4,6-7,10,13H,3,5,8-9,12H2,1-2H3. The lowest BCUT2D eigenvalue weighted by atomic mass is 10.0. The third-order valence-corrected chi connectivity index (χ3v) is 2.57. The minimum absolute atomic E-state index is 0.156. The Morgan fingerprint density at radius 3 is 2.76 bits per heavy atom. The van der Waals surface area contributed by atoms with E-state index in [4.69, 9.17) is 4.74 Å². The van der Waals surface area contributed by atoms with Crippen molar-refractivity contribution in [2.24, 2.45) is 5.92 Å². The van der Waals surface area contributed by atoms with Crippen LogP contribution in [-0.2, 0) is 4.79 Å². The summed E-state index contributed by atoms with van der Waals surface area (Å²) in [7, 11) is 0. The van der Waals surface area contributed by atoms with E-state index in [1.165, 1.54) is 12.8 Å². The van der Waals surface area contributed by atoms with Crippen molar-refractivity contribution in [2.75, 3.05) is 0 Å². The van der Waals surface area contributed by atoms with Gasteiger partial charge in [0.15, 0.2) is 0 Å². The Kier molecular flexibility index (Phi) is 6.38. The van der Waals surface area contributed by atoms with E-state index in [1.807, 2.05) is 12.1 Å². The van der Waals surface area contributed by atoms with Gasteiger partial charge in [0.25, 0.3) is 0 Å². The van der Waals surface area contributed by atoms with Crippen LogP contribution in [0.15, 0.2) is 24.3 Å². The van der Waals surface area contributed by atoms with Gasteiger partial charge in [0.05, 0.1) is 0 Å². The first kappa shape index (κ1) is 13.8. The van der Waals surface area contributed by atoms with E-state index in [-0.39, 0.29) is 5.97 Å². The minimum atomic E-state index is -0.156. The van der Waals surface area contributed by atoms with E-state index in [2.05, 4.69) is 19.9 Å². The van der Waals surface area contributed by atoms with Gasteiger partial charge in [-0.2, -0.15) is 0 Å². The number of hydrogen-bond acceptors (Lipinski definition) is 2. The van der Waals surface area contributed by atoms with Crippen molar-refractivity contribution in [3.8, 4) is 5.75 Å². The third-order valence-electron chi connectivity index (χ3n) is 2.57. The molecule has 1 rings (SSSR count). The summed E-state index contributed by atoms with van der Waals surface area (Å²) < 4.78 is 5.15. The van der Waals surface area contributed by atoms with E-state index < -0.39 is 0 Å². The number of carbonyl (C=O) groups excluding carboxylic acids is 1. The topological polar surface area (TPSA) is 26.3 Å². The van der Waals surface area contributed by atoms with Crippen LogP contribution in [0.5, 0.6) is 5.75 Å². The van der Waals surface area contributed by atoms with Gasteiger partial charge in [0.2, 0.25) is 0 Å². The molecular weight excluding hydrogens is 212 g/mol. The van der Waals surface area contributed by atoms with Gasteiger partial charge in [0, 0.05) is 12.5 Å². The van der Waals surface area contributed by atoms with E-state index >= 15 is 0 Å². The molecule has 0 heterocycles. The molecule has 0 aliphatic heterocycles. The molecule has 0 atom stereocenters. The summed E-state index contributed by atoms with van der Waals surface area (Å²) in [6.45, 7) is 4.44. The molecule has 2 nitrogen and oxygen atoms in total. The van der Waals surface area contributed by atoms with Gasteiger partial charge in [-0.05, 0) is 18.4 Å². The Hall–Kier alpha value is -1.31. The molecule has 0 amide bonds. The molecule has 0 aliphatic carbocycles. The fraction of sp³-hybridized carbons (Fsp3) is 0.533. The van der Waals surface area contributed by atoms with Gasteiger partial charge in [-0.15, -0.1) is 0 Å². The molecule has 0 fully saturated rings. The summed E-state index contributed by atoms with van der Waals surface area (Å²) in [5.74, 6) is 1.11. The van der Waals surface area contributed by atoms with Gasteiger partial charge >= 0.3 is 5.97 Å². The average molecular weight is 233 g/mol. The number of esters is 1. The molecule has 0 aromatic heterocycles. The second-order valence-electron chi connectivity index (χ2n) is 4.69. The highest BCUT2D eigenvalue weighted by Gasteiger charge is 2.04.